The maximum Gasteiger partial charge on any atom is 0.332 e. The average molecular weight is 491 g/mol. The first-order chi connectivity index (χ1) is 16.8. The largest absolute Gasteiger partial charge is 0.384 e. The maximum atomic E-state index is 13.2. The van der Waals surface area contributed by atoms with Crippen molar-refractivity contribution in [2.24, 2.45) is 7.05 Å². The molecule has 0 radical (unpaired) electrons. The summed E-state index contributed by atoms with van der Waals surface area (Å²) in [7, 11) is 1.82. The third-order valence-electron chi connectivity index (χ3n) is 5.69. The quantitative estimate of drug-likeness (QED) is 0.298. The van der Waals surface area contributed by atoms with E-state index >= 15 is 0 Å². The van der Waals surface area contributed by atoms with Crippen LogP contribution in [0.3, 0.4) is 0 Å². The van der Waals surface area contributed by atoms with E-state index in [-0.39, 0.29) is 30.2 Å². The fourth-order valence-corrected chi connectivity index (χ4v) is 4.64. The number of aryl methyl sites for hydroxylation is 1. The molecule has 0 fully saturated rings. The minimum atomic E-state index is -0.677. The summed E-state index contributed by atoms with van der Waals surface area (Å²) in [5.41, 5.74) is 7.68. The van der Waals surface area contributed by atoms with Crippen LogP contribution < -0.4 is 17.0 Å². The lowest BCUT2D eigenvalue weighted by molar-refractivity contribution is 0.102. The van der Waals surface area contributed by atoms with E-state index in [1.54, 1.807) is 11.5 Å². The zero-order valence-electron chi connectivity index (χ0n) is 19.8. The van der Waals surface area contributed by atoms with Crippen LogP contribution in [0, 0.1) is 6.92 Å². The van der Waals surface area contributed by atoms with Gasteiger partial charge in [-0.3, -0.25) is 18.7 Å². The monoisotopic (exact) mass is 490 g/mol. The Morgan fingerprint density at radius 1 is 1.03 bits per heavy atom. The summed E-state index contributed by atoms with van der Waals surface area (Å²) in [6, 6.07) is 17.2. The molecule has 180 valence electrons. The number of nitrogen functional groups attached to an aromatic ring is 1. The van der Waals surface area contributed by atoms with Gasteiger partial charge in [0.15, 0.2) is 16.8 Å². The maximum absolute atomic E-state index is 13.2. The topological polar surface area (TPSA) is 118 Å². The summed E-state index contributed by atoms with van der Waals surface area (Å²) in [6.07, 6.45) is 0. The fraction of sp³-hybridized carbons (Fsp3) is 0.240. The Morgan fingerprint density at radius 3 is 2.46 bits per heavy atom. The first-order valence-electron chi connectivity index (χ1n) is 11.1. The van der Waals surface area contributed by atoms with E-state index < -0.39 is 17.0 Å². The highest BCUT2D eigenvalue weighted by Gasteiger charge is 2.23. The minimum Gasteiger partial charge on any atom is -0.384 e. The van der Waals surface area contributed by atoms with Crippen LogP contribution in [0.2, 0.25) is 0 Å². The van der Waals surface area contributed by atoms with Crippen molar-refractivity contribution < 1.29 is 4.79 Å². The predicted octanol–water partition coefficient (Wildman–Crippen LogP) is 2.74. The molecule has 4 rings (SSSR count). The third-order valence-corrected chi connectivity index (χ3v) is 6.71. The van der Waals surface area contributed by atoms with Crippen molar-refractivity contribution in [3.8, 4) is 11.4 Å². The Hall–Kier alpha value is -3.92. The number of anilines is 1. The van der Waals surface area contributed by atoms with Crippen molar-refractivity contribution in [2.45, 2.75) is 32.1 Å². The molecule has 4 aromatic rings. The molecule has 0 aliphatic carbocycles. The van der Waals surface area contributed by atoms with Crippen LogP contribution in [0.15, 0.2) is 69.3 Å². The van der Waals surface area contributed by atoms with Crippen LogP contribution in [-0.4, -0.2) is 35.4 Å². The van der Waals surface area contributed by atoms with Crippen molar-refractivity contribution in [2.75, 3.05) is 11.5 Å². The second kappa shape index (κ2) is 10.1. The van der Waals surface area contributed by atoms with Gasteiger partial charge in [0.2, 0.25) is 0 Å². The third kappa shape index (κ3) is 4.83. The van der Waals surface area contributed by atoms with Crippen molar-refractivity contribution in [1.82, 2.24) is 23.9 Å². The van der Waals surface area contributed by atoms with E-state index in [1.807, 2.05) is 68.6 Å². The van der Waals surface area contributed by atoms with Gasteiger partial charge in [0.25, 0.3) is 5.56 Å². The Kier molecular flexibility index (Phi) is 7.02. The minimum absolute atomic E-state index is 0.0769. The van der Waals surface area contributed by atoms with E-state index in [2.05, 4.69) is 10.2 Å². The second-order valence-corrected chi connectivity index (χ2v) is 9.05. The molecule has 9 nitrogen and oxygen atoms in total. The fourth-order valence-electron chi connectivity index (χ4n) is 3.85. The molecule has 0 atom stereocenters. The van der Waals surface area contributed by atoms with Gasteiger partial charge in [0.05, 0.1) is 12.3 Å². The van der Waals surface area contributed by atoms with Gasteiger partial charge in [0, 0.05) is 19.2 Å². The number of nitrogens with two attached hydrogens (primary N) is 1. The normalized spacial score (nSPS) is 11.1. The number of carbonyl (C=O) groups is 1. The summed E-state index contributed by atoms with van der Waals surface area (Å²) in [5.74, 6) is -0.000883. The molecule has 0 saturated heterocycles. The molecule has 0 amide bonds. The summed E-state index contributed by atoms with van der Waals surface area (Å²) >= 11 is 1.16. The Bertz CT molecular complexity index is 1500. The number of carbonyl (C=O) groups excluding carboxylic acids is 1. The van der Waals surface area contributed by atoms with Gasteiger partial charge in [0.1, 0.15) is 11.4 Å². The van der Waals surface area contributed by atoms with Gasteiger partial charge in [-0.1, -0.05) is 65.9 Å². The number of Topliss-reactive ketones (excluding diaryl/α,β-unsaturated/α-hetero) is 1. The highest BCUT2D eigenvalue weighted by atomic mass is 32.2. The first kappa shape index (κ1) is 24.2. The number of aromatic nitrogens is 5. The number of hydrogen-bond acceptors (Lipinski definition) is 7. The van der Waals surface area contributed by atoms with Gasteiger partial charge in [-0.2, -0.15) is 0 Å². The molecule has 35 heavy (non-hydrogen) atoms. The number of ketones is 1. The molecule has 0 aliphatic rings. The summed E-state index contributed by atoms with van der Waals surface area (Å²) in [4.78, 5) is 39.1. The van der Waals surface area contributed by atoms with Gasteiger partial charge in [-0.25, -0.2) is 4.79 Å². The van der Waals surface area contributed by atoms with E-state index in [0.29, 0.717) is 11.0 Å². The number of rotatable bonds is 8. The smallest absolute Gasteiger partial charge is 0.332 e. The van der Waals surface area contributed by atoms with Crippen LogP contribution in [0.5, 0.6) is 0 Å². The van der Waals surface area contributed by atoms with Gasteiger partial charge < -0.3 is 10.3 Å². The van der Waals surface area contributed by atoms with Crippen LogP contribution in [0.1, 0.15) is 28.4 Å². The van der Waals surface area contributed by atoms with Gasteiger partial charge >= 0.3 is 5.69 Å². The van der Waals surface area contributed by atoms with Gasteiger partial charge in [-0.05, 0) is 25.5 Å². The first-order valence-corrected chi connectivity index (χ1v) is 12.1. The number of nitrogens with zero attached hydrogens (tertiary/aromatic N) is 5. The Balaban J connectivity index is 1.63. The van der Waals surface area contributed by atoms with Crippen molar-refractivity contribution in [3.63, 3.8) is 0 Å². The summed E-state index contributed by atoms with van der Waals surface area (Å²) in [5, 5.41) is 8.99. The van der Waals surface area contributed by atoms with E-state index in [4.69, 9.17) is 5.73 Å². The van der Waals surface area contributed by atoms with Crippen molar-refractivity contribution in [1.29, 1.82) is 0 Å². The van der Waals surface area contributed by atoms with Crippen LogP contribution >= 0.6 is 11.8 Å². The lowest BCUT2D eigenvalue weighted by Crippen LogP contribution is -2.44. The molecule has 0 bridgehead atoms. The predicted molar refractivity (Wildman–Crippen MR) is 137 cm³/mol. The van der Waals surface area contributed by atoms with E-state index in [0.717, 1.165) is 33.0 Å². The zero-order valence-corrected chi connectivity index (χ0v) is 20.6. The molecule has 0 saturated carbocycles. The summed E-state index contributed by atoms with van der Waals surface area (Å²) < 4.78 is 4.11. The zero-order chi connectivity index (χ0) is 25.1. The molecule has 0 unspecified atom stereocenters. The molecule has 10 heteroatoms. The molecule has 2 heterocycles. The van der Waals surface area contributed by atoms with Crippen LogP contribution in [0.4, 0.5) is 5.82 Å². The van der Waals surface area contributed by atoms with Crippen molar-refractivity contribution >= 4 is 23.4 Å². The van der Waals surface area contributed by atoms with Gasteiger partial charge in [-0.15, -0.1) is 10.2 Å². The molecule has 2 N–H and O–H groups in total. The number of benzene rings is 2. The van der Waals surface area contributed by atoms with Crippen molar-refractivity contribution in [3.05, 3.63) is 92.1 Å². The lowest BCUT2D eigenvalue weighted by Gasteiger charge is -2.15. The number of thioether (sulfide) groups is 1. The van der Waals surface area contributed by atoms with Crippen LogP contribution in [0.25, 0.3) is 11.4 Å². The van der Waals surface area contributed by atoms with E-state index in [9.17, 15) is 14.4 Å². The lowest BCUT2D eigenvalue weighted by atomic mass is 10.1. The number of hydrogen-bond donors (Lipinski definition) is 1. The SMILES string of the molecule is CCn1c(=O)c(C(=O)CSc2nnc(-c3cccc(C)c3)n2C)c(N)n(Cc2ccccc2)c1=O. The molecule has 2 aromatic carbocycles. The second-order valence-electron chi connectivity index (χ2n) is 8.11. The Labute approximate surface area is 206 Å². The highest BCUT2D eigenvalue weighted by molar-refractivity contribution is 7.99. The average Bonchev–Trinajstić information content (AvgIpc) is 3.21. The molecule has 0 aliphatic heterocycles. The summed E-state index contributed by atoms with van der Waals surface area (Å²) in [6.45, 7) is 3.96. The van der Waals surface area contributed by atoms with Crippen LogP contribution in [-0.2, 0) is 20.1 Å². The standard InChI is InChI=1S/C25H26N6O3S/c1-4-30-23(33)20(21(26)31(25(30)34)14-17-10-6-5-7-11-17)19(32)15-35-24-28-27-22(29(24)3)18-12-8-9-16(2)13-18/h5-13H,4,14-15,26H2,1-3H3. The Morgan fingerprint density at radius 2 is 1.77 bits per heavy atom. The molecular formula is C25H26N6O3S. The highest BCUT2D eigenvalue weighted by Crippen LogP contribution is 2.24. The molecule has 2 aromatic heterocycles. The van der Waals surface area contributed by atoms with E-state index in [1.165, 1.54) is 4.57 Å². The molecule has 0 spiro atoms. The molecular weight excluding hydrogens is 464 g/mol.